The van der Waals surface area contributed by atoms with Crippen molar-refractivity contribution in [2.75, 3.05) is 12.0 Å². The lowest BCUT2D eigenvalue weighted by Crippen LogP contribution is -2.63. The molecule has 0 radical (unpaired) electrons. The van der Waals surface area contributed by atoms with E-state index in [1.807, 2.05) is 18.7 Å². The van der Waals surface area contributed by atoms with Gasteiger partial charge in [-0.25, -0.2) is 0 Å². The first-order valence-electron chi connectivity index (χ1n) is 13.0. The monoisotopic (exact) mass is 514 g/mol. The van der Waals surface area contributed by atoms with Crippen molar-refractivity contribution in [1.29, 1.82) is 0 Å². The molecule has 4 heteroatoms. The standard InChI is InChI=1S/C31H50O2SSi/c1-14-33-22-15-17-24(18-16-22)35(30(8,9)10,31(11,12)13)21-34-23-19-25(28(2,3)4)27(32)26(20-23)29(5,6)7/h15-20,32H,14,21H2,1-13H3. The van der Waals surface area contributed by atoms with Gasteiger partial charge >= 0.3 is 0 Å². The fraction of sp³-hybridized carbons (Fsp3) is 0.613. The molecule has 2 rings (SSSR count). The Kier molecular flexibility index (Phi) is 8.67. The highest BCUT2D eigenvalue weighted by Gasteiger charge is 2.53. The Balaban J connectivity index is 2.67. The van der Waals surface area contributed by atoms with Crippen molar-refractivity contribution in [1.82, 2.24) is 0 Å². The van der Waals surface area contributed by atoms with Crippen LogP contribution in [0.5, 0.6) is 11.5 Å². The molecule has 0 amide bonds. The summed E-state index contributed by atoms with van der Waals surface area (Å²) in [6, 6.07) is 13.4. The second-order valence-corrected chi connectivity index (χ2v) is 21.3. The normalized spacial score (nSPS) is 13.7. The third kappa shape index (κ3) is 6.30. The van der Waals surface area contributed by atoms with Crippen molar-refractivity contribution in [3.05, 3.63) is 47.5 Å². The highest BCUT2D eigenvalue weighted by atomic mass is 32.2. The summed E-state index contributed by atoms with van der Waals surface area (Å²) in [5.41, 5.74) is 1.82. The van der Waals surface area contributed by atoms with Gasteiger partial charge in [-0.1, -0.05) is 100 Å². The van der Waals surface area contributed by atoms with Crippen LogP contribution in [0.2, 0.25) is 10.1 Å². The Hall–Kier alpha value is -1.39. The van der Waals surface area contributed by atoms with Crippen LogP contribution in [0.15, 0.2) is 41.3 Å². The maximum absolute atomic E-state index is 11.2. The second kappa shape index (κ2) is 10.2. The van der Waals surface area contributed by atoms with E-state index >= 15 is 0 Å². The van der Waals surface area contributed by atoms with E-state index in [-0.39, 0.29) is 20.9 Å². The Bertz CT molecular complexity index is 948. The molecule has 2 aromatic rings. The van der Waals surface area contributed by atoms with Gasteiger partial charge in [0.15, 0.2) is 0 Å². The van der Waals surface area contributed by atoms with E-state index in [0.29, 0.717) is 12.4 Å². The number of rotatable bonds is 6. The fourth-order valence-electron chi connectivity index (χ4n) is 5.54. The van der Waals surface area contributed by atoms with E-state index in [9.17, 15) is 5.11 Å². The molecule has 196 valence electrons. The number of hydrogen-bond acceptors (Lipinski definition) is 3. The van der Waals surface area contributed by atoms with Crippen LogP contribution < -0.4 is 9.92 Å². The van der Waals surface area contributed by atoms with E-state index in [2.05, 4.69) is 119 Å². The topological polar surface area (TPSA) is 29.5 Å². The van der Waals surface area contributed by atoms with Gasteiger partial charge in [0.1, 0.15) is 19.6 Å². The van der Waals surface area contributed by atoms with E-state index < -0.39 is 8.07 Å². The van der Waals surface area contributed by atoms with Gasteiger partial charge in [0.25, 0.3) is 0 Å². The van der Waals surface area contributed by atoms with E-state index in [1.54, 1.807) is 0 Å². The maximum atomic E-state index is 11.2. The van der Waals surface area contributed by atoms with Crippen molar-refractivity contribution in [3.63, 3.8) is 0 Å². The molecule has 0 aliphatic rings. The average molecular weight is 515 g/mol. The molecule has 0 saturated heterocycles. The molecule has 35 heavy (non-hydrogen) atoms. The number of ether oxygens (including phenoxy) is 1. The van der Waals surface area contributed by atoms with Crippen LogP contribution in [0.25, 0.3) is 0 Å². The molecule has 2 aromatic carbocycles. The highest BCUT2D eigenvalue weighted by molar-refractivity contribution is 8.01. The molecular weight excluding hydrogens is 464 g/mol. The molecule has 0 atom stereocenters. The van der Waals surface area contributed by atoms with E-state index in [4.69, 9.17) is 4.74 Å². The molecule has 0 aliphatic heterocycles. The second-order valence-electron chi connectivity index (χ2n) is 14.0. The van der Waals surface area contributed by atoms with Crippen molar-refractivity contribution >= 4 is 25.0 Å². The van der Waals surface area contributed by atoms with Crippen LogP contribution in [-0.4, -0.2) is 25.2 Å². The number of phenols is 1. The van der Waals surface area contributed by atoms with Crippen molar-refractivity contribution in [2.45, 2.75) is 116 Å². The molecule has 0 aliphatic carbocycles. The highest BCUT2D eigenvalue weighted by Crippen LogP contribution is 2.53. The molecule has 1 N–H and O–H groups in total. The summed E-state index contributed by atoms with van der Waals surface area (Å²) in [4.78, 5) is 1.26. The molecule has 0 fully saturated rings. The van der Waals surface area contributed by atoms with Crippen LogP contribution in [-0.2, 0) is 10.8 Å². The zero-order valence-corrected chi connectivity index (χ0v) is 26.5. The molecule has 2 nitrogen and oxygen atoms in total. The lowest BCUT2D eigenvalue weighted by atomic mass is 9.79. The summed E-state index contributed by atoms with van der Waals surface area (Å²) in [5.74, 6) is 1.40. The minimum atomic E-state index is -2.10. The van der Waals surface area contributed by atoms with Gasteiger partial charge in [0.2, 0.25) is 0 Å². The summed E-state index contributed by atoms with van der Waals surface area (Å²) >= 11 is 1.98. The van der Waals surface area contributed by atoms with Crippen LogP contribution >= 0.6 is 11.8 Å². The number of aromatic hydroxyl groups is 1. The number of benzene rings is 2. The van der Waals surface area contributed by atoms with Gasteiger partial charge in [0, 0.05) is 16.0 Å². The zero-order chi connectivity index (χ0) is 27.0. The Morgan fingerprint density at radius 1 is 0.743 bits per heavy atom. The van der Waals surface area contributed by atoms with Crippen LogP contribution in [0.3, 0.4) is 0 Å². The first kappa shape index (κ1) is 29.8. The van der Waals surface area contributed by atoms with E-state index in [0.717, 1.165) is 22.3 Å². The SMILES string of the molecule is CCOc1ccc([Si](CSc2cc(C(C)(C)C)c(O)c(C(C)(C)C)c2)(C(C)(C)C)C(C)(C)C)cc1. The van der Waals surface area contributed by atoms with Crippen LogP contribution in [0.1, 0.15) is 101 Å². The first-order valence-corrected chi connectivity index (χ1v) is 16.2. The zero-order valence-electron chi connectivity index (χ0n) is 24.6. The molecule has 0 bridgehead atoms. The lowest BCUT2D eigenvalue weighted by Gasteiger charge is -2.52. The van der Waals surface area contributed by atoms with Gasteiger partial charge in [-0.3, -0.25) is 0 Å². The smallest absolute Gasteiger partial charge is 0.123 e. The van der Waals surface area contributed by atoms with Crippen LogP contribution in [0, 0.1) is 0 Å². The number of hydrogen-bond donors (Lipinski definition) is 1. The Labute approximate surface area is 221 Å². The van der Waals surface area contributed by atoms with Crippen molar-refractivity contribution in [2.24, 2.45) is 0 Å². The molecule has 0 unspecified atom stereocenters. The van der Waals surface area contributed by atoms with Crippen molar-refractivity contribution in [3.8, 4) is 11.5 Å². The van der Waals surface area contributed by atoms with Gasteiger partial charge in [-0.05, 0) is 57.5 Å². The van der Waals surface area contributed by atoms with Gasteiger partial charge in [0.05, 0.1) is 6.61 Å². The summed E-state index contributed by atoms with van der Waals surface area (Å²) < 4.78 is 5.76. The quantitative estimate of drug-likeness (QED) is 0.308. The van der Waals surface area contributed by atoms with Gasteiger partial charge in [-0.2, -0.15) is 0 Å². The summed E-state index contributed by atoms with van der Waals surface area (Å²) in [6.45, 7) is 30.4. The molecule has 0 heterocycles. The molecule has 0 saturated carbocycles. The largest absolute Gasteiger partial charge is 0.507 e. The summed E-state index contributed by atoms with van der Waals surface area (Å²) in [7, 11) is -2.10. The number of phenolic OH excluding ortho intramolecular Hbond substituents is 1. The summed E-state index contributed by atoms with van der Waals surface area (Å²) in [6.07, 6.45) is 0. The minimum absolute atomic E-state index is 0.127. The predicted octanol–water partition coefficient (Wildman–Crippen LogP) is 8.97. The molecule has 0 spiro atoms. The van der Waals surface area contributed by atoms with E-state index in [1.165, 1.54) is 10.1 Å². The average Bonchev–Trinajstić information content (AvgIpc) is 2.67. The Morgan fingerprint density at radius 2 is 1.17 bits per heavy atom. The third-order valence-corrected chi connectivity index (χ3v) is 16.7. The van der Waals surface area contributed by atoms with Gasteiger partial charge in [-0.15, -0.1) is 11.8 Å². The lowest BCUT2D eigenvalue weighted by molar-refractivity contribution is 0.340. The first-order chi connectivity index (χ1) is 15.8. The third-order valence-electron chi connectivity index (χ3n) is 7.37. The minimum Gasteiger partial charge on any atom is -0.507 e. The molecule has 0 aromatic heterocycles. The van der Waals surface area contributed by atoms with Crippen LogP contribution in [0.4, 0.5) is 0 Å². The number of thioether (sulfide) groups is 1. The molecular formula is C31H50O2SSi. The van der Waals surface area contributed by atoms with Gasteiger partial charge < -0.3 is 9.84 Å². The maximum Gasteiger partial charge on any atom is 0.123 e. The summed E-state index contributed by atoms with van der Waals surface area (Å²) in [5, 5.41) is 14.1. The fourth-order valence-corrected chi connectivity index (χ4v) is 16.3. The van der Waals surface area contributed by atoms with Crippen molar-refractivity contribution < 1.29 is 9.84 Å². The predicted molar refractivity (Wildman–Crippen MR) is 159 cm³/mol. The Morgan fingerprint density at radius 3 is 1.51 bits per heavy atom.